The molecule has 1 rings (SSSR count). The molecule has 1 aromatic rings. The third-order valence-corrected chi connectivity index (χ3v) is 3.01. The fourth-order valence-corrected chi connectivity index (χ4v) is 2.01. The average molecular weight is 234 g/mol. The summed E-state index contributed by atoms with van der Waals surface area (Å²) in [6, 6.07) is 9.96. The number of benzene rings is 1. The van der Waals surface area contributed by atoms with E-state index < -0.39 is 0 Å². The van der Waals surface area contributed by atoms with E-state index in [2.05, 4.69) is 6.58 Å². The topological polar surface area (TPSA) is 40.5 Å². The number of hydrogen-bond donors (Lipinski definition) is 2. The van der Waals surface area contributed by atoms with Gasteiger partial charge in [0.15, 0.2) is 0 Å². The molecule has 0 aliphatic carbocycles. The first-order valence-electron chi connectivity index (χ1n) is 6.26. The minimum absolute atomic E-state index is 0.00493. The highest BCUT2D eigenvalue weighted by Gasteiger charge is 2.16. The van der Waals surface area contributed by atoms with Crippen molar-refractivity contribution in [3.8, 4) is 0 Å². The second kappa shape index (κ2) is 8.04. The van der Waals surface area contributed by atoms with Crippen LogP contribution in [0.5, 0.6) is 0 Å². The van der Waals surface area contributed by atoms with Crippen LogP contribution < -0.4 is 0 Å². The third-order valence-electron chi connectivity index (χ3n) is 3.01. The molecular weight excluding hydrogens is 212 g/mol. The van der Waals surface area contributed by atoms with E-state index >= 15 is 0 Å². The number of hydrogen-bond acceptors (Lipinski definition) is 2. The largest absolute Gasteiger partial charge is 0.396 e. The van der Waals surface area contributed by atoms with Crippen molar-refractivity contribution in [2.45, 2.75) is 37.7 Å². The maximum absolute atomic E-state index is 10.1. The first-order valence-corrected chi connectivity index (χ1v) is 6.26. The van der Waals surface area contributed by atoms with E-state index in [-0.39, 0.29) is 18.6 Å². The Balaban J connectivity index is 2.47. The van der Waals surface area contributed by atoms with Crippen LogP contribution in [0, 0.1) is 0 Å². The summed E-state index contributed by atoms with van der Waals surface area (Å²) in [5.41, 5.74) is 1.11. The monoisotopic (exact) mass is 234 g/mol. The van der Waals surface area contributed by atoms with Gasteiger partial charge in [-0.1, -0.05) is 49.2 Å². The van der Waals surface area contributed by atoms with E-state index in [0.29, 0.717) is 0 Å². The Bertz CT molecular complexity index is 308. The van der Waals surface area contributed by atoms with Crippen LogP contribution >= 0.6 is 0 Å². The van der Waals surface area contributed by atoms with Crippen LogP contribution in [-0.4, -0.2) is 22.9 Å². The molecule has 2 atom stereocenters. The summed E-state index contributed by atoms with van der Waals surface area (Å²) < 4.78 is 0. The van der Waals surface area contributed by atoms with Crippen LogP contribution in [-0.2, 0) is 0 Å². The first-order chi connectivity index (χ1) is 8.29. The normalized spacial score (nSPS) is 14.2. The lowest BCUT2D eigenvalue weighted by Gasteiger charge is -2.20. The maximum Gasteiger partial charge on any atom is 0.0643 e. The predicted molar refractivity (Wildman–Crippen MR) is 70.9 cm³/mol. The van der Waals surface area contributed by atoms with Gasteiger partial charge in [0.2, 0.25) is 0 Å². The molecule has 2 nitrogen and oxygen atoms in total. The van der Waals surface area contributed by atoms with Crippen molar-refractivity contribution in [1.82, 2.24) is 0 Å². The Hall–Kier alpha value is -1.12. The Kier molecular flexibility index (Phi) is 6.60. The standard InChI is InChI=1S/C15H22O2/c1-2-14(13-9-5-3-6-10-13)15(17)11-7-4-8-12-16/h2-3,5-6,9-10,14-17H,1,4,7-8,11-12H2. The summed E-state index contributed by atoms with van der Waals surface area (Å²) in [5, 5.41) is 18.8. The van der Waals surface area contributed by atoms with E-state index in [1.165, 1.54) is 0 Å². The van der Waals surface area contributed by atoms with Gasteiger partial charge in [0.05, 0.1) is 6.10 Å². The molecule has 2 N–H and O–H groups in total. The Morgan fingerprint density at radius 2 is 1.82 bits per heavy atom. The van der Waals surface area contributed by atoms with Crippen LogP contribution in [0.25, 0.3) is 0 Å². The van der Waals surface area contributed by atoms with Gasteiger partial charge in [-0.2, -0.15) is 0 Å². The molecule has 0 bridgehead atoms. The van der Waals surface area contributed by atoms with Gasteiger partial charge in [0.1, 0.15) is 0 Å². The van der Waals surface area contributed by atoms with Gasteiger partial charge in [0, 0.05) is 12.5 Å². The highest BCUT2D eigenvalue weighted by molar-refractivity contribution is 5.24. The molecule has 0 radical (unpaired) electrons. The molecule has 1 aromatic carbocycles. The summed E-state index contributed by atoms with van der Waals surface area (Å²) >= 11 is 0. The van der Waals surface area contributed by atoms with Crippen molar-refractivity contribution in [2.24, 2.45) is 0 Å². The van der Waals surface area contributed by atoms with Gasteiger partial charge in [-0.3, -0.25) is 0 Å². The highest BCUT2D eigenvalue weighted by atomic mass is 16.3. The lowest BCUT2D eigenvalue weighted by molar-refractivity contribution is 0.144. The molecule has 0 saturated heterocycles. The average Bonchev–Trinajstić information content (AvgIpc) is 2.37. The molecule has 2 unspecified atom stereocenters. The molecule has 0 aliphatic heterocycles. The summed E-state index contributed by atoms with van der Waals surface area (Å²) in [6.07, 6.45) is 4.91. The molecule has 0 fully saturated rings. The van der Waals surface area contributed by atoms with Gasteiger partial charge in [-0.05, 0) is 18.4 Å². The highest BCUT2D eigenvalue weighted by Crippen LogP contribution is 2.24. The summed E-state index contributed by atoms with van der Waals surface area (Å²) in [7, 11) is 0. The Morgan fingerprint density at radius 3 is 2.41 bits per heavy atom. The van der Waals surface area contributed by atoms with Gasteiger partial charge in [-0.15, -0.1) is 6.58 Å². The quantitative estimate of drug-likeness (QED) is 0.536. The zero-order valence-electron chi connectivity index (χ0n) is 10.3. The van der Waals surface area contributed by atoms with Crippen LogP contribution in [0.15, 0.2) is 43.0 Å². The van der Waals surface area contributed by atoms with Gasteiger partial charge in [-0.25, -0.2) is 0 Å². The van der Waals surface area contributed by atoms with Crippen molar-refractivity contribution in [1.29, 1.82) is 0 Å². The molecule has 0 aliphatic rings. The second-order valence-corrected chi connectivity index (χ2v) is 4.31. The number of unbranched alkanes of at least 4 members (excludes halogenated alkanes) is 2. The van der Waals surface area contributed by atoms with Crippen molar-refractivity contribution >= 4 is 0 Å². The van der Waals surface area contributed by atoms with Gasteiger partial charge >= 0.3 is 0 Å². The van der Waals surface area contributed by atoms with Crippen LogP contribution in [0.2, 0.25) is 0 Å². The lowest BCUT2D eigenvalue weighted by Crippen LogP contribution is -2.16. The summed E-state index contributed by atoms with van der Waals surface area (Å²) in [6.45, 7) is 4.04. The molecule has 0 saturated carbocycles. The zero-order valence-corrected chi connectivity index (χ0v) is 10.3. The minimum atomic E-state index is -0.381. The third kappa shape index (κ3) is 4.72. The zero-order chi connectivity index (χ0) is 12.5. The SMILES string of the molecule is C=CC(c1ccccc1)C(O)CCCCCO. The number of rotatable bonds is 8. The molecule has 94 valence electrons. The Morgan fingerprint density at radius 1 is 1.12 bits per heavy atom. The van der Waals surface area contributed by atoms with Crippen molar-refractivity contribution in [3.63, 3.8) is 0 Å². The minimum Gasteiger partial charge on any atom is -0.396 e. The smallest absolute Gasteiger partial charge is 0.0643 e. The van der Waals surface area contributed by atoms with E-state index in [1.54, 1.807) is 0 Å². The number of aliphatic hydroxyl groups is 2. The molecule has 0 amide bonds. The van der Waals surface area contributed by atoms with Crippen LogP contribution in [0.4, 0.5) is 0 Å². The molecule has 0 aromatic heterocycles. The first kappa shape index (κ1) is 13.9. The molecule has 0 heterocycles. The predicted octanol–water partition coefficient (Wildman–Crippen LogP) is 2.87. The second-order valence-electron chi connectivity index (χ2n) is 4.31. The maximum atomic E-state index is 10.1. The van der Waals surface area contributed by atoms with Crippen molar-refractivity contribution in [2.75, 3.05) is 6.61 Å². The van der Waals surface area contributed by atoms with Crippen molar-refractivity contribution in [3.05, 3.63) is 48.6 Å². The molecular formula is C15H22O2. The fraction of sp³-hybridized carbons (Fsp3) is 0.467. The van der Waals surface area contributed by atoms with Gasteiger partial charge in [0.25, 0.3) is 0 Å². The molecule has 2 heteroatoms. The molecule has 17 heavy (non-hydrogen) atoms. The van der Waals surface area contributed by atoms with Crippen LogP contribution in [0.3, 0.4) is 0 Å². The van der Waals surface area contributed by atoms with E-state index in [1.807, 2.05) is 36.4 Å². The fourth-order valence-electron chi connectivity index (χ4n) is 2.01. The van der Waals surface area contributed by atoms with Crippen molar-refractivity contribution < 1.29 is 10.2 Å². The van der Waals surface area contributed by atoms with Gasteiger partial charge < -0.3 is 10.2 Å². The van der Waals surface area contributed by atoms with Crippen LogP contribution in [0.1, 0.15) is 37.2 Å². The number of aliphatic hydroxyl groups excluding tert-OH is 2. The lowest BCUT2D eigenvalue weighted by atomic mass is 9.90. The van der Waals surface area contributed by atoms with E-state index in [4.69, 9.17) is 5.11 Å². The Labute approximate surface area is 104 Å². The molecule has 0 spiro atoms. The summed E-state index contributed by atoms with van der Waals surface area (Å²) in [4.78, 5) is 0. The van der Waals surface area contributed by atoms with E-state index in [9.17, 15) is 5.11 Å². The summed E-state index contributed by atoms with van der Waals surface area (Å²) in [5.74, 6) is 0.00493. The van der Waals surface area contributed by atoms with E-state index in [0.717, 1.165) is 31.2 Å².